The van der Waals surface area contributed by atoms with Crippen molar-refractivity contribution >= 4 is 15.9 Å². The first kappa shape index (κ1) is 16.0. The first-order chi connectivity index (χ1) is 10.1. The van der Waals surface area contributed by atoms with Crippen LogP contribution in [-0.4, -0.2) is 7.11 Å². The lowest BCUT2D eigenvalue weighted by Crippen LogP contribution is -2.20. The van der Waals surface area contributed by atoms with E-state index in [1.807, 2.05) is 18.2 Å². The third-order valence-corrected chi connectivity index (χ3v) is 4.34. The van der Waals surface area contributed by atoms with E-state index in [-0.39, 0.29) is 17.8 Å². The molecule has 0 amide bonds. The first-order valence-corrected chi connectivity index (χ1v) is 7.71. The van der Waals surface area contributed by atoms with Crippen molar-refractivity contribution in [2.75, 3.05) is 7.11 Å². The van der Waals surface area contributed by atoms with Crippen LogP contribution < -0.4 is 10.5 Å². The summed E-state index contributed by atoms with van der Waals surface area (Å²) in [5, 5.41) is 0. The Hall–Kier alpha value is -1.39. The molecular weight excluding hydrogens is 333 g/mol. The van der Waals surface area contributed by atoms with Gasteiger partial charge in [-0.05, 0) is 34.0 Å². The lowest BCUT2D eigenvalue weighted by Gasteiger charge is -2.25. The minimum Gasteiger partial charge on any atom is -0.496 e. The Bertz CT molecular complexity index is 603. The molecular formula is C17H19BrFNO. The molecule has 2 aromatic carbocycles. The fraction of sp³-hybridized carbons (Fsp3) is 0.294. The predicted octanol–water partition coefficient (Wildman–Crippen LogP) is 4.79. The minimum atomic E-state index is -0.351. The van der Waals surface area contributed by atoms with Gasteiger partial charge in [-0.15, -0.1) is 0 Å². The second-order valence-corrected chi connectivity index (χ2v) is 5.81. The van der Waals surface area contributed by atoms with Gasteiger partial charge in [0.2, 0.25) is 0 Å². The highest BCUT2D eigenvalue weighted by molar-refractivity contribution is 9.10. The molecule has 0 aliphatic rings. The Morgan fingerprint density at radius 2 is 1.90 bits per heavy atom. The molecule has 2 N–H and O–H groups in total. The molecule has 0 aromatic heterocycles. The zero-order valence-corrected chi connectivity index (χ0v) is 13.7. The summed E-state index contributed by atoms with van der Waals surface area (Å²) in [6.07, 6.45) is 0.892. The van der Waals surface area contributed by atoms with E-state index in [0.717, 1.165) is 12.0 Å². The van der Waals surface area contributed by atoms with E-state index in [4.69, 9.17) is 10.5 Å². The summed E-state index contributed by atoms with van der Waals surface area (Å²) in [6.45, 7) is 2.10. The van der Waals surface area contributed by atoms with Crippen LogP contribution in [-0.2, 0) is 0 Å². The van der Waals surface area contributed by atoms with Gasteiger partial charge in [-0.1, -0.05) is 37.3 Å². The van der Waals surface area contributed by atoms with Gasteiger partial charge >= 0.3 is 0 Å². The molecule has 2 aromatic rings. The standard InChI is InChI=1S/C17H19BrFNO/c1-3-12(11-7-5-4-6-8-11)17(20)13-9-14(18)15(19)10-16(13)21-2/h4-10,12,17H,3,20H2,1-2H3. The maximum Gasteiger partial charge on any atom is 0.141 e. The second kappa shape index (κ2) is 7.05. The quantitative estimate of drug-likeness (QED) is 0.840. The number of methoxy groups -OCH3 is 1. The van der Waals surface area contributed by atoms with Crippen LogP contribution in [0.3, 0.4) is 0 Å². The molecule has 0 bridgehead atoms. The van der Waals surface area contributed by atoms with Gasteiger partial charge in [0.1, 0.15) is 11.6 Å². The molecule has 2 rings (SSSR count). The number of ether oxygens (including phenoxy) is 1. The van der Waals surface area contributed by atoms with Crippen molar-refractivity contribution in [3.63, 3.8) is 0 Å². The van der Waals surface area contributed by atoms with Crippen molar-refractivity contribution in [1.82, 2.24) is 0 Å². The van der Waals surface area contributed by atoms with Crippen LogP contribution in [0.5, 0.6) is 5.75 Å². The highest BCUT2D eigenvalue weighted by Crippen LogP contribution is 2.38. The molecule has 21 heavy (non-hydrogen) atoms. The van der Waals surface area contributed by atoms with Gasteiger partial charge in [-0.25, -0.2) is 4.39 Å². The molecule has 0 radical (unpaired) electrons. The average molecular weight is 352 g/mol. The van der Waals surface area contributed by atoms with Crippen LogP contribution >= 0.6 is 15.9 Å². The lowest BCUT2D eigenvalue weighted by molar-refractivity contribution is 0.395. The fourth-order valence-electron chi connectivity index (χ4n) is 2.60. The average Bonchev–Trinajstić information content (AvgIpc) is 2.51. The lowest BCUT2D eigenvalue weighted by atomic mass is 9.85. The highest BCUT2D eigenvalue weighted by atomic mass is 79.9. The van der Waals surface area contributed by atoms with Crippen molar-refractivity contribution < 1.29 is 9.13 Å². The van der Waals surface area contributed by atoms with Crippen LogP contribution in [0.25, 0.3) is 0 Å². The maximum absolute atomic E-state index is 13.6. The van der Waals surface area contributed by atoms with Gasteiger partial charge in [-0.3, -0.25) is 0 Å². The zero-order chi connectivity index (χ0) is 15.4. The van der Waals surface area contributed by atoms with Gasteiger partial charge in [0.25, 0.3) is 0 Å². The van der Waals surface area contributed by atoms with Gasteiger partial charge in [0.05, 0.1) is 11.6 Å². The van der Waals surface area contributed by atoms with E-state index in [0.29, 0.717) is 10.2 Å². The van der Waals surface area contributed by atoms with Crippen LogP contribution in [0.1, 0.15) is 36.4 Å². The van der Waals surface area contributed by atoms with E-state index in [1.165, 1.54) is 18.7 Å². The molecule has 0 aliphatic heterocycles. The molecule has 112 valence electrons. The second-order valence-electron chi connectivity index (χ2n) is 4.96. The number of halogens is 2. The Kier molecular flexibility index (Phi) is 5.37. The van der Waals surface area contributed by atoms with Crippen LogP contribution in [0.2, 0.25) is 0 Å². The number of hydrogen-bond acceptors (Lipinski definition) is 2. The number of rotatable bonds is 5. The minimum absolute atomic E-state index is 0.150. The smallest absolute Gasteiger partial charge is 0.141 e. The summed E-state index contributed by atoms with van der Waals surface area (Å²) in [6, 6.07) is 12.9. The molecule has 2 atom stereocenters. The van der Waals surface area contributed by atoms with Crippen molar-refractivity contribution in [3.8, 4) is 5.75 Å². The van der Waals surface area contributed by atoms with E-state index in [9.17, 15) is 4.39 Å². The van der Waals surface area contributed by atoms with Crippen molar-refractivity contribution in [1.29, 1.82) is 0 Å². The molecule has 0 fully saturated rings. The number of hydrogen-bond donors (Lipinski definition) is 1. The topological polar surface area (TPSA) is 35.2 Å². The highest BCUT2D eigenvalue weighted by Gasteiger charge is 2.23. The maximum atomic E-state index is 13.6. The van der Waals surface area contributed by atoms with E-state index >= 15 is 0 Å². The van der Waals surface area contributed by atoms with Crippen molar-refractivity contribution in [2.45, 2.75) is 25.3 Å². The van der Waals surface area contributed by atoms with E-state index in [2.05, 4.69) is 35.0 Å². The van der Waals surface area contributed by atoms with Crippen molar-refractivity contribution in [2.24, 2.45) is 5.73 Å². The van der Waals surface area contributed by atoms with Gasteiger partial charge in [-0.2, -0.15) is 0 Å². The zero-order valence-electron chi connectivity index (χ0n) is 12.1. The molecule has 0 saturated heterocycles. The van der Waals surface area contributed by atoms with Gasteiger partial charge in [0.15, 0.2) is 0 Å². The SMILES string of the molecule is CCC(c1ccccc1)C(N)c1cc(Br)c(F)cc1OC. The molecule has 0 saturated carbocycles. The monoisotopic (exact) mass is 351 g/mol. The summed E-state index contributed by atoms with van der Waals surface area (Å²) in [5.74, 6) is 0.283. The van der Waals surface area contributed by atoms with Crippen molar-refractivity contribution in [3.05, 3.63) is 63.9 Å². The molecule has 0 spiro atoms. The Balaban J connectivity index is 2.42. The fourth-order valence-corrected chi connectivity index (χ4v) is 2.96. The van der Waals surface area contributed by atoms with Crippen LogP contribution in [0.4, 0.5) is 4.39 Å². The molecule has 2 unspecified atom stereocenters. The predicted molar refractivity (Wildman–Crippen MR) is 87.1 cm³/mol. The summed E-state index contributed by atoms with van der Waals surface area (Å²) in [4.78, 5) is 0. The van der Waals surface area contributed by atoms with Crippen LogP contribution in [0, 0.1) is 5.82 Å². The number of nitrogens with two attached hydrogens (primary N) is 1. The summed E-state index contributed by atoms with van der Waals surface area (Å²) in [7, 11) is 1.53. The summed E-state index contributed by atoms with van der Waals surface area (Å²) >= 11 is 3.22. The third kappa shape index (κ3) is 3.44. The Morgan fingerprint density at radius 1 is 1.24 bits per heavy atom. The first-order valence-electron chi connectivity index (χ1n) is 6.92. The Morgan fingerprint density at radius 3 is 2.48 bits per heavy atom. The third-order valence-electron chi connectivity index (χ3n) is 3.73. The Labute approximate surface area is 133 Å². The van der Waals surface area contributed by atoms with E-state index < -0.39 is 0 Å². The van der Waals surface area contributed by atoms with Crippen LogP contribution in [0.15, 0.2) is 46.9 Å². The normalized spacial score (nSPS) is 13.8. The molecule has 0 heterocycles. The van der Waals surface area contributed by atoms with E-state index in [1.54, 1.807) is 6.07 Å². The summed E-state index contributed by atoms with van der Waals surface area (Å²) < 4.78 is 19.3. The largest absolute Gasteiger partial charge is 0.496 e. The number of benzene rings is 2. The summed E-state index contributed by atoms with van der Waals surface area (Å²) in [5.41, 5.74) is 8.44. The molecule has 4 heteroatoms. The molecule has 0 aliphatic carbocycles. The van der Waals surface area contributed by atoms with Gasteiger partial charge in [0, 0.05) is 23.6 Å². The molecule has 2 nitrogen and oxygen atoms in total. The van der Waals surface area contributed by atoms with Gasteiger partial charge < -0.3 is 10.5 Å².